The number of benzene rings is 2. The molecule has 5 rings (SSSR count). The van der Waals surface area contributed by atoms with Crippen LogP contribution >= 0.6 is 0 Å². The minimum Gasteiger partial charge on any atom is -0.361 e. The van der Waals surface area contributed by atoms with E-state index >= 15 is 0 Å². The summed E-state index contributed by atoms with van der Waals surface area (Å²) in [5, 5.41) is 1.24. The molecule has 4 nitrogen and oxygen atoms in total. The van der Waals surface area contributed by atoms with Gasteiger partial charge in [0.05, 0.1) is 0 Å². The molecule has 1 amide bonds. The Morgan fingerprint density at radius 2 is 1.79 bits per heavy atom. The molecule has 2 saturated heterocycles. The van der Waals surface area contributed by atoms with E-state index in [0.29, 0.717) is 18.5 Å². The van der Waals surface area contributed by atoms with Crippen LogP contribution in [0.1, 0.15) is 56.1 Å². The van der Waals surface area contributed by atoms with E-state index in [1.807, 2.05) is 17.0 Å². The number of amides is 1. The molecule has 180 valence electrons. The van der Waals surface area contributed by atoms with Gasteiger partial charge >= 0.3 is 0 Å². The molecule has 1 unspecified atom stereocenters. The standard InChI is InChI=1S/C28H33F2N3O/c29-23-10-11-25(30)22(18-23)20-33-16-5-13-28(33)12-4-15-32(17-14-28)27(34)9-3-6-21-19-31-26-8-2-1-7-24(21)26/h1-2,7-8,10-11,18-19,31H,3-6,9,12-17,20H2. The van der Waals surface area contributed by atoms with Gasteiger partial charge in [0.15, 0.2) is 0 Å². The highest BCUT2D eigenvalue weighted by Crippen LogP contribution is 2.39. The lowest BCUT2D eigenvalue weighted by atomic mass is 9.87. The van der Waals surface area contributed by atoms with E-state index in [0.717, 1.165) is 70.1 Å². The van der Waals surface area contributed by atoms with Gasteiger partial charge in [-0.25, -0.2) is 8.78 Å². The van der Waals surface area contributed by atoms with Gasteiger partial charge in [-0.2, -0.15) is 0 Å². The molecule has 0 radical (unpaired) electrons. The molecule has 0 bridgehead atoms. The van der Waals surface area contributed by atoms with Crippen LogP contribution in [0.4, 0.5) is 8.78 Å². The second kappa shape index (κ2) is 9.87. The summed E-state index contributed by atoms with van der Waals surface area (Å²) < 4.78 is 28.0. The van der Waals surface area contributed by atoms with Crippen LogP contribution in [-0.4, -0.2) is 45.9 Å². The van der Waals surface area contributed by atoms with Crippen LogP contribution in [0.15, 0.2) is 48.7 Å². The Balaban J connectivity index is 1.17. The number of carbonyl (C=O) groups excluding carboxylic acids is 1. The molecule has 2 aliphatic rings. The van der Waals surface area contributed by atoms with Crippen molar-refractivity contribution in [2.45, 2.75) is 63.5 Å². The predicted octanol–water partition coefficient (Wildman–Crippen LogP) is 5.82. The van der Waals surface area contributed by atoms with Crippen molar-refractivity contribution in [2.24, 2.45) is 0 Å². The van der Waals surface area contributed by atoms with E-state index in [-0.39, 0.29) is 17.3 Å². The normalized spacial score (nSPS) is 21.4. The zero-order valence-corrected chi connectivity index (χ0v) is 19.7. The van der Waals surface area contributed by atoms with Crippen molar-refractivity contribution in [1.29, 1.82) is 0 Å². The molecule has 6 heteroatoms. The topological polar surface area (TPSA) is 39.3 Å². The second-order valence-corrected chi connectivity index (χ2v) is 9.93. The number of fused-ring (bicyclic) bond motifs is 1. The van der Waals surface area contributed by atoms with Crippen LogP contribution in [0.5, 0.6) is 0 Å². The van der Waals surface area contributed by atoms with Crippen LogP contribution in [-0.2, 0) is 17.8 Å². The zero-order chi connectivity index (χ0) is 23.5. The summed E-state index contributed by atoms with van der Waals surface area (Å²) in [5.74, 6) is -0.503. The van der Waals surface area contributed by atoms with Gasteiger partial charge in [-0.15, -0.1) is 0 Å². The molecule has 1 spiro atoms. The minimum atomic E-state index is -0.394. The van der Waals surface area contributed by atoms with Crippen LogP contribution < -0.4 is 0 Å². The van der Waals surface area contributed by atoms with E-state index < -0.39 is 5.82 Å². The smallest absolute Gasteiger partial charge is 0.222 e. The van der Waals surface area contributed by atoms with E-state index in [2.05, 4.69) is 28.2 Å². The fraction of sp³-hybridized carbons (Fsp3) is 0.464. The number of halogens is 2. The van der Waals surface area contributed by atoms with Crippen LogP contribution in [0.2, 0.25) is 0 Å². The number of para-hydroxylation sites is 1. The van der Waals surface area contributed by atoms with Gasteiger partial charge in [0.1, 0.15) is 11.6 Å². The van der Waals surface area contributed by atoms with Gasteiger partial charge in [0, 0.05) is 54.3 Å². The summed E-state index contributed by atoms with van der Waals surface area (Å²) in [5.41, 5.74) is 2.82. The third-order valence-electron chi connectivity index (χ3n) is 7.89. The SMILES string of the molecule is O=C(CCCc1c[nH]c2ccccc12)N1CCCC2(CCCN2Cc2cc(F)ccc2F)CC1. The van der Waals surface area contributed by atoms with Crippen LogP contribution in [0, 0.1) is 11.6 Å². The lowest BCUT2D eigenvalue weighted by Crippen LogP contribution is -2.44. The molecule has 1 N–H and O–H groups in total. The Morgan fingerprint density at radius 1 is 0.971 bits per heavy atom. The highest BCUT2D eigenvalue weighted by molar-refractivity contribution is 5.83. The average Bonchev–Trinajstić information content (AvgIpc) is 3.35. The number of aryl methyl sites for hydroxylation is 1. The number of hydrogen-bond donors (Lipinski definition) is 1. The number of hydrogen-bond acceptors (Lipinski definition) is 2. The fourth-order valence-corrected chi connectivity index (χ4v) is 6.03. The molecule has 0 aliphatic carbocycles. The van der Waals surface area contributed by atoms with Gasteiger partial charge in [-0.1, -0.05) is 18.2 Å². The molecule has 2 fully saturated rings. The number of aromatic amines is 1. The molecular formula is C28H33F2N3O. The average molecular weight is 466 g/mol. The van der Waals surface area contributed by atoms with Crippen molar-refractivity contribution in [2.75, 3.05) is 19.6 Å². The molecule has 2 aromatic carbocycles. The number of carbonyl (C=O) groups is 1. The second-order valence-electron chi connectivity index (χ2n) is 9.93. The first kappa shape index (κ1) is 23.0. The number of aromatic nitrogens is 1. The van der Waals surface area contributed by atoms with Gasteiger partial charge in [-0.3, -0.25) is 9.69 Å². The summed E-state index contributed by atoms with van der Waals surface area (Å²) in [6, 6.07) is 12.0. The van der Waals surface area contributed by atoms with Gasteiger partial charge < -0.3 is 9.88 Å². The van der Waals surface area contributed by atoms with E-state index in [9.17, 15) is 13.6 Å². The van der Waals surface area contributed by atoms with Crippen molar-refractivity contribution in [3.8, 4) is 0 Å². The maximum absolute atomic E-state index is 14.3. The molecule has 0 saturated carbocycles. The summed E-state index contributed by atoms with van der Waals surface area (Å²) in [6.45, 7) is 2.86. The Labute approximate surface area is 199 Å². The van der Waals surface area contributed by atoms with Crippen molar-refractivity contribution >= 4 is 16.8 Å². The van der Waals surface area contributed by atoms with E-state index in [1.165, 1.54) is 29.1 Å². The Hall–Kier alpha value is -2.73. The first-order valence-electron chi connectivity index (χ1n) is 12.6. The van der Waals surface area contributed by atoms with Gasteiger partial charge in [0.2, 0.25) is 5.91 Å². The predicted molar refractivity (Wildman–Crippen MR) is 130 cm³/mol. The molecular weight excluding hydrogens is 432 g/mol. The Bertz CT molecular complexity index is 1160. The van der Waals surface area contributed by atoms with Crippen LogP contribution in [0.3, 0.4) is 0 Å². The fourth-order valence-electron chi connectivity index (χ4n) is 6.03. The molecule has 3 heterocycles. The number of likely N-dealkylation sites (tertiary alicyclic amines) is 2. The number of nitrogens with zero attached hydrogens (tertiary/aromatic N) is 2. The molecule has 34 heavy (non-hydrogen) atoms. The highest BCUT2D eigenvalue weighted by atomic mass is 19.1. The lowest BCUT2D eigenvalue weighted by molar-refractivity contribution is -0.131. The quantitative estimate of drug-likeness (QED) is 0.499. The summed E-state index contributed by atoms with van der Waals surface area (Å²) in [4.78, 5) is 20.7. The maximum Gasteiger partial charge on any atom is 0.222 e. The lowest BCUT2D eigenvalue weighted by Gasteiger charge is -2.38. The third-order valence-corrected chi connectivity index (χ3v) is 7.89. The first-order valence-corrected chi connectivity index (χ1v) is 12.6. The third kappa shape index (κ3) is 4.74. The van der Waals surface area contributed by atoms with Gasteiger partial charge in [0.25, 0.3) is 0 Å². The largest absolute Gasteiger partial charge is 0.361 e. The minimum absolute atomic E-state index is 0.0160. The summed E-state index contributed by atoms with van der Waals surface area (Å²) in [7, 11) is 0. The number of H-pyrrole nitrogens is 1. The molecule has 1 atom stereocenters. The molecule has 2 aliphatic heterocycles. The number of nitrogens with one attached hydrogen (secondary N) is 1. The van der Waals surface area contributed by atoms with E-state index in [1.54, 1.807) is 0 Å². The zero-order valence-electron chi connectivity index (χ0n) is 19.7. The van der Waals surface area contributed by atoms with Gasteiger partial charge in [-0.05, 0) is 81.3 Å². The molecule has 3 aromatic rings. The monoisotopic (exact) mass is 465 g/mol. The molecule has 1 aromatic heterocycles. The first-order chi connectivity index (χ1) is 16.5. The van der Waals surface area contributed by atoms with Crippen LogP contribution in [0.25, 0.3) is 10.9 Å². The van der Waals surface area contributed by atoms with Crippen molar-refractivity contribution in [3.05, 3.63) is 71.4 Å². The Morgan fingerprint density at radius 3 is 2.68 bits per heavy atom. The highest BCUT2D eigenvalue weighted by Gasteiger charge is 2.42. The number of rotatable bonds is 6. The van der Waals surface area contributed by atoms with E-state index in [4.69, 9.17) is 0 Å². The maximum atomic E-state index is 14.3. The Kier molecular flexibility index (Phi) is 6.68. The summed E-state index contributed by atoms with van der Waals surface area (Å²) in [6.07, 6.45) is 9.33. The van der Waals surface area contributed by atoms with Crippen molar-refractivity contribution in [3.63, 3.8) is 0 Å². The van der Waals surface area contributed by atoms with Crippen molar-refractivity contribution < 1.29 is 13.6 Å². The summed E-state index contributed by atoms with van der Waals surface area (Å²) >= 11 is 0. The van der Waals surface area contributed by atoms with Crippen molar-refractivity contribution in [1.82, 2.24) is 14.8 Å².